The predicted molar refractivity (Wildman–Crippen MR) is 85.0 cm³/mol. The third-order valence-corrected chi connectivity index (χ3v) is 5.09. The third kappa shape index (κ3) is 5.44. The van der Waals surface area contributed by atoms with E-state index in [9.17, 15) is 13.5 Å². The molecule has 0 bridgehead atoms. The minimum Gasteiger partial charge on any atom is -0.388 e. The molecule has 2 N–H and O–H groups in total. The molecule has 0 aromatic heterocycles. The summed E-state index contributed by atoms with van der Waals surface area (Å²) in [5.74, 6) is 0.666. The number of benzene rings is 1. The van der Waals surface area contributed by atoms with Gasteiger partial charge in [-0.2, -0.15) is 11.8 Å². The second-order valence-corrected chi connectivity index (χ2v) is 8.26. The van der Waals surface area contributed by atoms with Crippen molar-refractivity contribution in [3.05, 3.63) is 29.8 Å². The van der Waals surface area contributed by atoms with Crippen LogP contribution >= 0.6 is 11.8 Å². The molecule has 0 amide bonds. The van der Waals surface area contributed by atoms with Crippen LogP contribution in [-0.4, -0.2) is 43.9 Å². The fourth-order valence-electron chi connectivity index (χ4n) is 1.86. The Kier molecular flexibility index (Phi) is 6.06. The fraction of sp³-hybridized carbons (Fsp3) is 0.571. The molecule has 0 spiro atoms. The normalized spacial score (nSPS) is 16.6. The van der Waals surface area contributed by atoms with Gasteiger partial charge in [-0.1, -0.05) is 12.1 Å². The molecule has 1 aromatic carbocycles. The van der Waals surface area contributed by atoms with E-state index in [2.05, 4.69) is 5.32 Å². The quantitative estimate of drug-likeness (QED) is 0.803. The van der Waals surface area contributed by atoms with Gasteiger partial charge in [-0.3, -0.25) is 0 Å². The van der Waals surface area contributed by atoms with Crippen molar-refractivity contribution >= 4 is 21.6 Å². The zero-order valence-electron chi connectivity index (χ0n) is 12.4. The predicted octanol–water partition coefficient (Wildman–Crippen LogP) is 1.85. The SMILES string of the molecule is CSCC(C)(O)CNC(C)c1ccc(S(C)(=O)=O)cc1. The van der Waals surface area contributed by atoms with Gasteiger partial charge in [0.05, 0.1) is 10.5 Å². The van der Waals surface area contributed by atoms with Crippen molar-refractivity contribution in [2.24, 2.45) is 0 Å². The number of aliphatic hydroxyl groups is 1. The lowest BCUT2D eigenvalue weighted by Crippen LogP contribution is -2.40. The summed E-state index contributed by atoms with van der Waals surface area (Å²) in [5, 5.41) is 13.4. The van der Waals surface area contributed by atoms with E-state index in [0.717, 1.165) is 5.56 Å². The van der Waals surface area contributed by atoms with Gasteiger partial charge < -0.3 is 10.4 Å². The Labute approximate surface area is 125 Å². The summed E-state index contributed by atoms with van der Waals surface area (Å²) in [4.78, 5) is 0.322. The van der Waals surface area contributed by atoms with Crippen LogP contribution in [0.1, 0.15) is 25.5 Å². The molecule has 0 aliphatic carbocycles. The molecular formula is C14H23NO3S2. The highest BCUT2D eigenvalue weighted by Crippen LogP contribution is 2.17. The van der Waals surface area contributed by atoms with E-state index >= 15 is 0 Å². The van der Waals surface area contributed by atoms with Gasteiger partial charge in [0.25, 0.3) is 0 Å². The molecule has 1 rings (SSSR count). The zero-order chi connectivity index (χ0) is 15.4. The first-order chi connectivity index (χ1) is 9.15. The van der Waals surface area contributed by atoms with Gasteiger partial charge in [0.1, 0.15) is 0 Å². The van der Waals surface area contributed by atoms with Crippen molar-refractivity contribution in [3.63, 3.8) is 0 Å². The number of hydrogen-bond donors (Lipinski definition) is 2. The maximum Gasteiger partial charge on any atom is 0.175 e. The maximum absolute atomic E-state index is 11.4. The second kappa shape index (κ2) is 6.93. The summed E-state index contributed by atoms with van der Waals surface area (Å²) < 4.78 is 22.8. The van der Waals surface area contributed by atoms with Gasteiger partial charge in [-0.25, -0.2) is 8.42 Å². The van der Waals surface area contributed by atoms with E-state index in [-0.39, 0.29) is 6.04 Å². The summed E-state index contributed by atoms with van der Waals surface area (Å²) in [6, 6.07) is 6.89. The topological polar surface area (TPSA) is 66.4 Å². The Morgan fingerprint density at radius 1 is 1.35 bits per heavy atom. The summed E-state index contributed by atoms with van der Waals surface area (Å²) >= 11 is 1.60. The van der Waals surface area contributed by atoms with E-state index in [1.165, 1.54) is 6.26 Å². The molecule has 1 aromatic rings. The highest BCUT2D eigenvalue weighted by molar-refractivity contribution is 7.98. The smallest absolute Gasteiger partial charge is 0.175 e. The lowest BCUT2D eigenvalue weighted by molar-refractivity contribution is 0.0821. The monoisotopic (exact) mass is 317 g/mol. The van der Waals surface area contributed by atoms with Crippen LogP contribution < -0.4 is 5.32 Å². The fourth-order valence-corrected chi connectivity index (χ4v) is 3.21. The summed E-state index contributed by atoms with van der Waals surface area (Å²) in [6.07, 6.45) is 3.16. The molecule has 4 nitrogen and oxygen atoms in total. The molecule has 0 fully saturated rings. The molecule has 0 radical (unpaired) electrons. The van der Waals surface area contributed by atoms with Crippen molar-refractivity contribution < 1.29 is 13.5 Å². The van der Waals surface area contributed by atoms with Crippen LogP contribution in [0.25, 0.3) is 0 Å². The third-order valence-electron chi connectivity index (χ3n) is 3.05. The van der Waals surface area contributed by atoms with Gasteiger partial charge >= 0.3 is 0 Å². The molecule has 20 heavy (non-hydrogen) atoms. The second-order valence-electron chi connectivity index (χ2n) is 5.37. The Morgan fingerprint density at radius 3 is 2.35 bits per heavy atom. The average Bonchev–Trinajstić information content (AvgIpc) is 2.35. The number of rotatable bonds is 7. The van der Waals surface area contributed by atoms with E-state index in [4.69, 9.17) is 0 Å². The van der Waals surface area contributed by atoms with E-state index < -0.39 is 15.4 Å². The largest absolute Gasteiger partial charge is 0.388 e. The molecule has 0 heterocycles. The van der Waals surface area contributed by atoms with E-state index in [1.807, 2.05) is 13.2 Å². The van der Waals surface area contributed by atoms with Crippen LogP contribution in [0.4, 0.5) is 0 Å². The first-order valence-corrected chi connectivity index (χ1v) is 9.69. The molecule has 2 unspecified atom stereocenters. The van der Waals surface area contributed by atoms with Gasteiger partial charge in [-0.15, -0.1) is 0 Å². The van der Waals surface area contributed by atoms with Crippen LogP contribution in [0.5, 0.6) is 0 Å². The van der Waals surface area contributed by atoms with Crippen LogP contribution in [0.3, 0.4) is 0 Å². The Balaban J connectivity index is 2.67. The van der Waals surface area contributed by atoms with Crippen LogP contribution in [0, 0.1) is 0 Å². The van der Waals surface area contributed by atoms with Crippen LogP contribution in [-0.2, 0) is 9.84 Å². The van der Waals surface area contributed by atoms with Gasteiger partial charge in [0.15, 0.2) is 9.84 Å². The van der Waals surface area contributed by atoms with Crippen molar-refractivity contribution in [2.45, 2.75) is 30.4 Å². The number of thioether (sulfide) groups is 1. The van der Waals surface area contributed by atoms with Crippen molar-refractivity contribution in [1.82, 2.24) is 5.32 Å². The van der Waals surface area contributed by atoms with Crippen molar-refractivity contribution in [3.8, 4) is 0 Å². The zero-order valence-corrected chi connectivity index (χ0v) is 14.0. The highest BCUT2D eigenvalue weighted by Gasteiger charge is 2.20. The standard InChI is InChI=1S/C14H23NO3S2/c1-11(15-9-14(2,16)10-19-3)12-5-7-13(8-6-12)20(4,17)18/h5-8,11,15-16H,9-10H2,1-4H3. The van der Waals surface area contributed by atoms with Crippen LogP contribution in [0.15, 0.2) is 29.2 Å². The van der Waals surface area contributed by atoms with Crippen LogP contribution in [0.2, 0.25) is 0 Å². The molecule has 0 aliphatic heterocycles. The Hall–Kier alpha value is -0.560. The van der Waals surface area contributed by atoms with Gasteiger partial charge in [-0.05, 0) is 37.8 Å². The number of nitrogens with one attached hydrogen (secondary N) is 1. The van der Waals surface area contributed by atoms with Gasteiger partial charge in [0.2, 0.25) is 0 Å². The average molecular weight is 317 g/mol. The summed E-state index contributed by atoms with van der Waals surface area (Å²) in [5.41, 5.74) is 0.248. The maximum atomic E-state index is 11.4. The van der Waals surface area contributed by atoms with E-state index in [0.29, 0.717) is 17.2 Å². The lowest BCUT2D eigenvalue weighted by Gasteiger charge is -2.25. The molecule has 114 valence electrons. The molecule has 6 heteroatoms. The molecule has 0 saturated heterocycles. The first kappa shape index (κ1) is 17.5. The van der Waals surface area contributed by atoms with E-state index in [1.54, 1.807) is 43.0 Å². The number of sulfone groups is 1. The number of hydrogen-bond acceptors (Lipinski definition) is 5. The molecule has 0 saturated carbocycles. The minimum absolute atomic E-state index is 0.0527. The summed E-state index contributed by atoms with van der Waals surface area (Å²) in [7, 11) is -3.15. The summed E-state index contributed by atoms with van der Waals surface area (Å²) in [6.45, 7) is 4.28. The van der Waals surface area contributed by atoms with Crippen molar-refractivity contribution in [1.29, 1.82) is 0 Å². The molecule has 2 atom stereocenters. The van der Waals surface area contributed by atoms with Gasteiger partial charge in [0, 0.05) is 24.6 Å². The first-order valence-electron chi connectivity index (χ1n) is 6.40. The van der Waals surface area contributed by atoms with Crippen molar-refractivity contribution in [2.75, 3.05) is 24.8 Å². The molecule has 0 aliphatic rings. The minimum atomic E-state index is -3.15. The Morgan fingerprint density at radius 2 is 1.90 bits per heavy atom. The lowest BCUT2D eigenvalue weighted by atomic mass is 10.1. The molecular weight excluding hydrogens is 294 g/mol. The Bertz CT molecular complexity index is 524. The highest BCUT2D eigenvalue weighted by atomic mass is 32.2.